The molecule has 3 rings (SSSR count). The first-order valence-corrected chi connectivity index (χ1v) is 9.45. The standard InChI is InChI=1S/C22H18Cl2N2O3/c1-28-20-11-6-15(12-21(20)29-14-17-4-2-3-5-19(17)24)13-25-26-22(27)16-7-9-18(23)10-8-16/h2-13H,14H2,1H3,(H,26,27)/b25-13-. The molecule has 29 heavy (non-hydrogen) atoms. The number of hydrogen-bond acceptors (Lipinski definition) is 4. The predicted octanol–water partition coefficient (Wildman–Crippen LogP) is 5.34. The van der Waals surface area contributed by atoms with Gasteiger partial charge in [0.15, 0.2) is 11.5 Å². The van der Waals surface area contributed by atoms with E-state index in [1.54, 1.807) is 49.6 Å². The molecule has 0 heterocycles. The Labute approximate surface area is 178 Å². The van der Waals surface area contributed by atoms with E-state index in [9.17, 15) is 4.79 Å². The van der Waals surface area contributed by atoms with E-state index in [4.69, 9.17) is 32.7 Å². The van der Waals surface area contributed by atoms with Crippen molar-refractivity contribution in [3.8, 4) is 11.5 Å². The summed E-state index contributed by atoms with van der Waals surface area (Å²) in [5, 5.41) is 5.19. The number of hydrogen-bond donors (Lipinski definition) is 1. The van der Waals surface area contributed by atoms with Gasteiger partial charge in [0.2, 0.25) is 0 Å². The van der Waals surface area contributed by atoms with Gasteiger partial charge in [0.05, 0.1) is 13.3 Å². The summed E-state index contributed by atoms with van der Waals surface area (Å²) >= 11 is 12.0. The van der Waals surface area contributed by atoms with E-state index in [2.05, 4.69) is 10.5 Å². The van der Waals surface area contributed by atoms with Gasteiger partial charge >= 0.3 is 0 Å². The van der Waals surface area contributed by atoms with Gasteiger partial charge in [-0.25, -0.2) is 5.43 Å². The number of halogens is 2. The molecule has 0 unspecified atom stereocenters. The summed E-state index contributed by atoms with van der Waals surface area (Å²) in [6.45, 7) is 0.296. The van der Waals surface area contributed by atoms with E-state index in [1.807, 2.05) is 24.3 Å². The fourth-order valence-corrected chi connectivity index (χ4v) is 2.80. The van der Waals surface area contributed by atoms with Crippen LogP contribution in [0.15, 0.2) is 71.8 Å². The van der Waals surface area contributed by atoms with Gasteiger partial charge in [0, 0.05) is 21.2 Å². The average Bonchev–Trinajstić information content (AvgIpc) is 2.73. The quantitative estimate of drug-likeness (QED) is 0.407. The van der Waals surface area contributed by atoms with Gasteiger partial charge in [0.1, 0.15) is 6.61 Å². The zero-order chi connectivity index (χ0) is 20.6. The van der Waals surface area contributed by atoms with E-state index < -0.39 is 0 Å². The van der Waals surface area contributed by atoms with Crippen LogP contribution >= 0.6 is 23.2 Å². The highest BCUT2D eigenvalue weighted by molar-refractivity contribution is 6.31. The molecule has 1 N–H and O–H groups in total. The molecule has 3 aromatic rings. The van der Waals surface area contributed by atoms with Crippen molar-refractivity contribution in [2.45, 2.75) is 6.61 Å². The number of nitrogens with zero attached hydrogens (tertiary/aromatic N) is 1. The van der Waals surface area contributed by atoms with Crippen molar-refractivity contribution in [3.05, 3.63) is 93.5 Å². The zero-order valence-corrected chi connectivity index (χ0v) is 17.1. The number of rotatable bonds is 7. The van der Waals surface area contributed by atoms with Crippen LogP contribution in [0.3, 0.4) is 0 Å². The molecule has 0 aliphatic carbocycles. The maximum atomic E-state index is 12.1. The van der Waals surface area contributed by atoms with Crippen LogP contribution < -0.4 is 14.9 Å². The minimum Gasteiger partial charge on any atom is -0.493 e. The van der Waals surface area contributed by atoms with Crippen molar-refractivity contribution in [2.75, 3.05) is 7.11 Å². The Bertz CT molecular complexity index is 1020. The number of ether oxygens (including phenoxy) is 2. The summed E-state index contributed by atoms with van der Waals surface area (Å²) in [6.07, 6.45) is 1.52. The molecule has 7 heteroatoms. The van der Waals surface area contributed by atoms with Crippen molar-refractivity contribution < 1.29 is 14.3 Å². The summed E-state index contributed by atoms with van der Waals surface area (Å²) in [4.78, 5) is 12.1. The summed E-state index contributed by atoms with van der Waals surface area (Å²) in [5.41, 5.74) is 4.54. The van der Waals surface area contributed by atoms with E-state index in [0.717, 1.165) is 11.1 Å². The second-order valence-electron chi connectivity index (χ2n) is 6.00. The van der Waals surface area contributed by atoms with Crippen LogP contribution in [-0.4, -0.2) is 19.2 Å². The largest absolute Gasteiger partial charge is 0.493 e. The molecule has 1 amide bonds. The van der Waals surface area contributed by atoms with Crippen LogP contribution in [0.5, 0.6) is 11.5 Å². The number of amides is 1. The minimum atomic E-state index is -0.332. The summed E-state index contributed by atoms with van der Waals surface area (Å²) in [6, 6.07) is 19.4. The molecule has 5 nitrogen and oxygen atoms in total. The highest BCUT2D eigenvalue weighted by Crippen LogP contribution is 2.29. The van der Waals surface area contributed by atoms with Crippen molar-refractivity contribution in [2.24, 2.45) is 5.10 Å². The van der Waals surface area contributed by atoms with Crippen molar-refractivity contribution in [1.29, 1.82) is 0 Å². The van der Waals surface area contributed by atoms with Crippen LogP contribution in [0.2, 0.25) is 10.0 Å². The Morgan fingerprint density at radius 1 is 1.03 bits per heavy atom. The molecule has 148 valence electrons. The Morgan fingerprint density at radius 2 is 1.79 bits per heavy atom. The maximum absolute atomic E-state index is 12.1. The minimum absolute atomic E-state index is 0.296. The Hall–Kier alpha value is -3.02. The van der Waals surface area contributed by atoms with Crippen LogP contribution in [0.1, 0.15) is 21.5 Å². The number of methoxy groups -OCH3 is 1. The van der Waals surface area contributed by atoms with Crippen molar-refractivity contribution in [1.82, 2.24) is 5.43 Å². The lowest BCUT2D eigenvalue weighted by atomic mass is 10.2. The second kappa shape index (κ2) is 9.96. The number of benzene rings is 3. The van der Waals surface area contributed by atoms with Crippen molar-refractivity contribution in [3.63, 3.8) is 0 Å². The molecule has 0 atom stereocenters. The number of carbonyl (C=O) groups excluding carboxylic acids is 1. The van der Waals surface area contributed by atoms with Crippen LogP contribution in [-0.2, 0) is 6.61 Å². The summed E-state index contributed by atoms with van der Waals surface area (Å²) in [7, 11) is 1.57. The third-order valence-corrected chi connectivity index (χ3v) is 4.64. The number of hydrazone groups is 1. The van der Waals surface area contributed by atoms with Gasteiger partial charge in [-0.3, -0.25) is 4.79 Å². The average molecular weight is 429 g/mol. The molecule has 0 aromatic heterocycles. The topological polar surface area (TPSA) is 59.9 Å². The number of nitrogens with one attached hydrogen (secondary N) is 1. The molecule has 0 spiro atoms. The molecule has 0 radical (unpaired) electrons. The molecule has 0 aliphatic heterocycles. The Kier molecular flexibility index (Phi) is 7.11. The molecule has 0 aliphatic rings. The summed E-state index contributed by atoms with van der Waals surface area (Å²) < 4.78 is 11.2. The first kappa shape index (κ1) is 20.7. The molecule has 3 aromatic carbocycles. The fourth-order valence-electron chi connectivity index (χ4n) is 2.49. The van der Waals surface area contributed by atoms with E-state index >= 15 is 0 Å². The van der Waals surface area contributed by atoms with Gasteiger partial charge in [-0.2, -0.15) is 5.10 Å². The highest BCUT2D eigenvalue weighted by Gasteiger charge is 2.08. The van der Waals surface area contributed by atoms with Gasteiger partial charge in [-0.1, -0.05) is 41.4 Å². The van der Waals surface area contributed by atoms with Gasteiger partial charge < -0.3 is 9.47 Å². The zero-order valence-electron chi connectivity index (χ0n) is 15.6. The van der Waals surface area contributed by atoms with Gasteiger partial charge in [-0.05, 0) is 54.1 Å². The molecular weight excluding hydrogens is 411 g/mol. The van der Waals surface area contributed by atoms with Crippen LogP contribution in [0.4, 0.5) is 0 Å². The van der Waals surface area contributed by atoms with Crippen LogP contribution in [0, 0.1) is 0 Å². The molecule has 0 bridgehead atoms. The SMILES string of the molecule is COc1ccc(/C=N\NC(=O)c2ccc(Cl)cc2)cc1OCc1ccccc1Cl. The van der Waals surface area contributed by atoms with Crippen molar-refractivity contribution >= 4 is 35.3 Å². The lowest BCUT2D eigenvalue weighted by Crippen LogP contribution is -2.17. The normalized spacial score (nSPS) is 10.7. The third kappa shape index (κ3) is 5.73. The molecule has 0 fully saturated rings. The first-order chi connectivity index (χ1) is 14.1. The maximum Gasteiger partial charge on any atom is 0.271 e. The molecular formula is C22H18Cl2N2O3. The fraction of sp³-hybridized carbons (Fsp3) is 0.0909. The smallest absolute Gasteiger partial charge is 0.271 e. The van der Waals surface area contributed by atoms with Gasteiger partial charge in [0.25, 0.3) is 5.91 Å². The Morgan fingerprint density at radius 3 is 2.52 bits per heavy atom. The lowest BCUT2D eigenvalue weighted by molar-refractivity contribution is 0.0955. The second-order valence-corrected chi connectivity index (χ2v) is 6.84. The van der Waals surface area contributed by atoms with Crippen LogP contribution in [0.25, 0.3) is 0 Å². The highest BCUT2D eigenvalue weighted by atomic mass is 35.5. The Balaban J connectivity index is 1.67. The van der Waals surface area contributed by atoms with Gasteiger partial charge in [-0.15, -0.1) is 0 Å². The third-order valence-electron chi connectivity index (χ3n) is 4.01. The van der Waals surface area contributed by atoms with E-state index in [-0.39, 0.29) is 5.91 Å². The lowest BCUT2D eigenvalue weighted by Gasteiger charge is -2.12. The van der Waals surface area contributed by atoms with E-state index in [1.165, 1.54) is 6.21 Å². The monoisotopic (exact) mass is 428 g/mol. The number of carbonyl (C=O) groups is 1. The predicted molar refractivity (Wildman–Crippen MR) is 115 cm³/mol. The van der Waals surface area contributed by atoms with E-state index in [0.29, 0.717) is 33.7 Å². The molecule has 0 saturated carbocycles. The first-order valence-electron chi connectivity index (χ1n) is 8.70. The molecule has 0 saturated heterocycles. The summed E-state index contributed by atoms with van der Waals surface area (Å²) in [5.74, 6) is 0.793.